The predicted molar refractivity (Wildman–Crippen MR) is 211 cm³/mol. The van der Waals surface area contributed by atoms with Crippen LogP contribution in [-0.4, -0.2) is 64.3 Å². The highest BCUT2D eigenvalue weighted by Crippen LogP contribution is 2.35. The molecule has 4 aromatic carbocycles. The third kappa shape index (κ3) is 13.6. The van der Waals surface area contributed by atoms with E-state index in [1.807, 2.05) is 121 Å². The van der Waals surface area contributed by atoms with Crippen LogP contribution in [0.15, 0.2) is 121 Å². The van der Waals surface area contributed by atoms with E-state index in [2.05, 4.69) is 16.1 Å². The van der Waals surface area contributed by atoms with Gasteiger partial charge in [-0.25, -0.2) is 9.59 Å². The molecule has 4 atom stereocenters. The van der Waals surface area contributed by atoms with Gasteiger partial charge in [-0.15, -0.1) is 0 Å². The Morgan fingerprint density at radius 2 is 1.07 bits per heavy atom. The molecule has 0 spiro atoms. The van der Waals surface area contributed by atoms with Crippen molar-refractivity contribution in [1.29, 1.82) is 0 Å². The van der Waals surface area contributed by atoms with E-state index in [9.17, 15) is 29.4 Å². The highest BCUT2D eigenvalue weighted by molar-refractivity contribution is 5.68. The number of benzene rings is 4. The number of carbonyl (C=O) groups is 4. The second-order valence-electron chi connectivity index (χ2n) is 13.9. The van der Waals surface area contributed by atoms with Gasteiger partial charge in [-0.05, 0) is 60.9 Å². The van der Waals surface area contributed by atoms with Crippen LogP contribution in [0.2, 0.25) is 0 Å². The lowest BCUT2D eigenvalue weighted by molar-refractivity contribution is -0.122. The van der Waals surface area contributed by atoms with E-state index in [0.29, 0.717) is 25.5 Å². The van der Waals surface area contributed by atoms with Gasteiger partial charge in [0.1, 0.15) is 18.2 Å². The van der Waals surface area contributed by atoms with Crippen molar-refractivity contribution in [2.24, 2.45) is 5.92 Å². The third-order valence-electron chi connectivity index (χ3n) is 9.91. The Bertz CT molecular complexity index is 1680. The number of amides is 2. The Morgan fingerprint density at radius 3 is 1.57 bits per heavy atom. The first-order valence-electron chi connectivity index (χ1n) is 18.9. The topological polar surface area (TPSA) is 148 Å². The normalized spacial score (nSPS) is 13.9. The Morgan fingerprint density at radius 1 is 0.593 bits per heavy atom. The summed E-state index contributed by atoms with van der Waals surface area (Å²) in [6.45, 7) is 0.756. The molecular formula is C44H54N4O6. The van der Waals surface area contributed by atoms with Crippen molar-refractivity contribution < 1.29 is 29.4 Å². The van der Waals surface area contributed by atoms with Crippen LogP contribution >= 0.6 is 0 Å². The first-order chi connectivity index (χ1) is 26.3. The van der Waals surface area contributed by atoms with E-state index in [1.165, 1.54) is 5.01 Å². The number of hydrogen-bond acceptors (Lipinski definition) is 6. The minimum Gasteiger partial charge on any atom is -0.465 e. The van der Waals surface area contributed by atoms with Gasteiger partial charge in [0.2, 0.25) is 0 Å². The number of carboxylic acid groups (broad SMARTS) is 2. The van der Waals surface area contributed by atoms with Gasteiger partial charge in [-0.1, -0.05) is 153 Å². The number of hydrazine groups is 1. The highest BCUT2D eigenvalue weighted by atomic mass is 16.4. The molecule has 10 nitrogen and oxygen atoms in total. The van der Waals surface area contributed by atoms with Crippen molar-refractivity contribution in [1.82, 2.24) is 21.1 Å². The predicted octanol–water partition coefficient (Wildman–Crippen LogP) is 7.48. The molecule has 2 amide bonds. The van der Waals surface area contributed by atoms with Crippen LogP contribution in [0.4, 0.5) is 9.59 Å². The van der Waals surface area contributed by atoms with Crippen molar-refractivity contribution in [3.63, 3.8) is 0 Å². The lowest BCUT2D eigenvalue weighted by Crippen LogP contribution is -2.73. The average Bonchev–Trinajstić information content (AvgIpc) is 3.18. The molecule has 54 heavy (non-hydrogen) atoms. The zero-order valence-electron chi connectivity index (χ0n) is 30.9. The van der Waals surface area contributed by atoms with Crippen LogP contribution in [0.3, 0.4) is 0 Å². The van der Waals surface area contributed by atoms with Gasteiger partial charge in [-0.2, -0.15) is 5.01 Å². The largest absolute Gasteiger partial charge is 0.465 e. The van der Waals surface area contributed by atoms with E-state index < -0.39 is 29.8 Å². The van der Waals surface area contributed by atoms with Gasteiger partial charge in [0, 0.05) is 12.3 Å². The number of nitrogens with one attached hydrogen (secondary N) is 3. The molecule has 0 aliphatic carbocycles. The van der Waals surface area contributed by atoms with E-state index in [0.717, 1.165) is 73.6 Å². The van der Waals surface area contributed by atoms with Gasteiger partial charge in [0.15, 0.2) is 0 Å². The van der Waals surface area contributed by atoms with Gasteiger partial charge in [-0.3, -0.25) is 5.43 Å². The van der Waals surface area contributed by atoms with Crippen LogP contribution in [-0.2, 0) is 35.3 Å². The fourth-order valence-electron chi connectivity index (χ4n) is 7.32. The maximum Gasteiger partial charge on any atom is 0.419 e. The average molecular weight is 735 g/mol. The summed E-state index contributed by atoms with van der Waals surface area (Å²) in [4.78, 5) is 50.0. The summed E-state index contributed by atoms with van der Waals surface area (Å²) in [5.41, 5.74) is 4.65. The number of aldehydes is 2. The number of nitrogens with zero attached hydrogens (tertiary/aromatic N) is 1. The molecule has 0 radical (unpaired) electrons. The number of hydrogen-bond donors (Lipinski definition) is 5. The minimum absolute atomic E-state index is 0.107. The molecule has 0 bridgehead atoms. The van der Waals surface area contributed by atoms with Gasteiger partial charge in [0.25, 0.3) is 0 Å². The standard InChI is InChI=1S/C44H54N4O6/c49-33-40(30-36-21-11-6-12-22-36)45-28-18-4-2-1-3-17-27-39(29-35-19-9-5-10-20-35)44(46-42(51)52,32-38-25-15-8-16-26-38)48(47-43(53)54)41(34-50)31-37-23-13-7-14-24-37/h5-16,19-26,33-34,39-41,45-47H,1-4,17-18,27-32H2,(H,51,52)(H,53,54)/t39-,40?,41-,44?/m0/s1. The molecule has 0 saturated carbocycles. The molecule has 0 aliphatic heterocycles. The minimum atomic E-state index is -1.55. The van der Waals surface area contributed by atoms with E-state index >= 15 is 0 Å². The van der Waals surface area contributed by atoms with E-state index in [4.69, 9.17) is 0 Å². The van der Waals surface area contributed by atoms with Gasteiger partial charge < -0.3 is 30.4 Å². The smallest absolute Gasteiger partial charge is 0.419 e. The van der Waals surface area contributed by atoms with Gasteiger partial charge >= 0.3 is 12.2 Å². The molecule has 0 aromatic heterocycles. The molecule has 0 heterocycles. The van der Waals surface area contributed by atoms with Crippen molar-refractivity contribution in [2.75, 3.05) is 6.54 Å². The van der Waals surface area contributed by atoms with Crippen LogP contribution in [0.25, 0.3) is 0 Å². The Kier molecular flexibility index (Phi) is 17.4. The first kappa shape index (κ1) is 41.4. The quantitative estimate of drug-likeness (QED) is 0.0204. The lowest BCUT2D eigenvalue weighted by atomic mass is 9.77. The van der Waals surface area contributed by atoms with Crippen molar-refractivity contribution in [3.05, 3.63) is 144 Å². The summed E-state index contributed by atoms with van der Waals surface area (Å²) in [6, 6.07) is 37.1. The first-order valence-corrected chi connectivity index (χ1v) is 18.9. The summed E-state index contributed by atoms with van der Waals surface area (Å²) in [6.07, 6.45) is 6.49. The highest BCUT2D eigenvalue weighted by Gasteiger charge is 2.49. The molecule has 2 unspecified atom stereocenters. The summed E-state index contributed by atoms with van der Waals surface area (Å²) < 4.78 is 0. The molecule has 286 valence electrons. The second-order valence-corrected chi connectivity index (χ2v) is 13.9. The molecular weight excluding hydrogens is 681 g/mol. The maximum atomic E-state index is 13.0. The van der Waals surface area contributed by atoms with E-state index in [1.54, 1.807) is 0 Å². The number of carbonyl (C=O) groups excluding carboxylic acids is 2. The zero-order valence-corrected chi connectivity index (χ0v) is 30.9. The SMILES string of the molecule is O=CC(Cc1ccccc1)NCCCCCCCC[C@@H](Cc1ccccc1)C(Cc1ccccc1)(NC(=O)O)N(NC(=O)O)[C@H](C=O)Cc1ccccc1. The molecule has 0 fully saturated rings. The molecule has 5 N–H and O–H groups in total. The summed E-state index contributed by atoms with van der Waals surface area (Å²) in [5, 5.41) is 28.2. The van der Waals surface area contributed by atoms with Crippen LogP contribution in [0.5, 0.6) is 0 Å². The summed E-state index contributed by atoms with van der Waals surface area (Å²) in [5.74, 6) is -0.449. The Hall–Kier alpha value is -5.32. The third-order valence-corrected chi connectivity index (χ3v) is 9.91. The number of rotatable bonds is 25. The monoisotopic (exact) mass is 734 g/mol. The zero-order chi connectivity index (χ0) is 38.4. The van der Waals surface area contributed by atoms with E-state index in [-0.39, 0.29) is 18.9 Å². The summed E-state index contributed by atoms with van der Waals surface area (Å²) >= 11 is 0. The Balaban J connectivity index is 1.54. The fraction of sp³-hybridized carbons (Fsp3) is 0.364. The van der Waals surface area contributed by atoms with Crippen molar-refractivity contribution in [3.8, 4) is 0 Å². The fourth-order valence-corrected chi connectivity index (χ4v) is 7.32. The van der Waals surface area contributed by atoms with Crippen molar-refractivity contribution in [2.45, 2.75) is 88.4 Å². The molecule has 0 saturated heterocycles. The molecule has 4 rings (SSSR count). The number of unbranched alkanes of at least 4 members (excludes halogenated alkanes) is 5. The Labute approximate surface area is 319 Å². The maximum absolute atomic E-state index is 13.0. The van der Waals surface area contributed by atoms with Crippen molar-refractivity contribution >= 4 is 24.8 Å². The lowest BCUT2D eigenvalue weighted by Gasteiger charge is -2.50. The molecule has 10 heteroatoms. The van der Waals surface area contributed by atoms with Crippen LogP contribution in [0.1, 0.15) is 67.2 Å². The van der Waals surface area contributed by atoms with Gasteiger partial charge in [0.05, 0.1) is 12.1 Å². The molecule has 0 aliphatic rings. The molecule has 4 aromatic rings. The summed E-state index contributed by atoms with van der Waals surface area (Å²) in [7, 11) is 0. The van der Waals surface area contributed by atoms with Crippen LogP contribution < -0.4 is 16.1 Å². The second kappa shape index (κ2) is 22.7. The van der Waals surface area contributed by atoms with Crippen LogP contribution in [0, 0.1) is 5.92 Å².